The first-order chi connectivity index (χ1) is 38.9. The van der Waals surface area contributed by atoms with E-state index in [0.29, 0.717) is 56.5 Å². The van der Waals surface area contributed by atoms with E-state index < -0.39 is 12.1 Å². The molecule has 0 radical (unpaired) electrons. The number of allylic oxidation sites excluding steroid dienone is 3. The highest BCUT2D eigenvalue weighted by atomic mass is 16.5. The van der Waals surface area contributed by atoms with Crippen LogP contribution in [0.1, 0.15) is 218 Å². The Hall–Kier alpha value is -6.41. The number of nitrogens with zero attached hydrogens (tertiary/aromatic N) is 2. The summed E-state index contributed by atoms with van der Waals surface area (Å²) in [5.41, 5.74) is 1.95. The first kappa shape index (κ1) is 94.3. The molecular weight excluding hydrogens is 1090 g/mol. The van der Waals surface area contributed by atoms with E-state index in [1.165, 1.54) is 18.2 Å². The third-order valence-corrected chi connectivity index (χ3v) is 9.35. The number of terminal acetylenes is 2. The highest BCUT2D eigenvalue weighted by molar-refractivity contribution is 5.95. The lowest BCUT2D eigenvalue weighted by Gasteiger charge is -2.26. The lowest BCUT2D eigenvalue weighted by Crippen LogP contribution is -2.28. The van der Waals surface area contributed by atoms with Crippen LogP contribution in [0.4, 0.5) is 0 Å². The standard InChI is InChI=1S/C10H16N2.C10H18O3.C10H16O2.C10H18O.C10H16O.C8H14O2.C8H14O.C8H12O/c1-5-9-11-6-7-12(9)8-10(2,3)4;1-5-12-9(11)7-6-8-13-10(2,3)4;1-6-8(10(3,4)5)12-9(11)7-2;1-8(2)6-9(11)7-10(3,4)5;1-6-8(2)9(11)7-10(3,4)5;1-5-7(9)10-6-8(2,3)4;2*1-5-7(9)6-8(2,3)4/h5-7H,1,8H2,2-4H3;6-7H,5,8H2,1-4H3;6-8H,1-2H2,3-5H3;6H,7H2,1-5H3;1,9,11H,2,7H2,3-5H3;5H,1,6H2,2-4H3;5H,1,6H2,2-4H3;1H,6H2,2-4H3/b;7-6+;;;;;;. The zero-order chi connectivity index (χ0) is 70.6. The Morgan fingerprint density at radius 2 is 1.10 bits per heavy atom. The number of carbonyl (C=O) groups excluding carboxylic acids is 6. The van der Waals surface area contributed by atoms with Crippen LogP contribution in [0.5, 0.6) is 0 Å². The number of hydrogen-bond acceptors (Lipinski definition) is 12. The number of aliphatic hydroxyl groups is 1. The fourth-order valence-corrected chi connectivity index (χ4v) is 5.71. The number of carbonyl (C=O) groups is 6. The van der Waals surface area contributed by atoms with Crippen molar-refractivity contribution >= 4 is 41.3 Å². The summed E-state index contributed by atoms with van der Waals surface area (Å²) >= 11 is 0. The summed E-state index contributed by atoms with van der Waals surface area (Å²) in [5.74, 6) is 4.55. The third kappa shape index (κ3) is 79.6. The Morgan fingerprint density at radius 1 is 0.632 bits per heavy atom. The second-order valence-electron chi connectivity index (χ2n) is 29.9. The molecule has 1 rings (SSSR count). The predicted octanol–water partition coefficient (Wildman–Crippen LogP) is 17.3. The van der Waals surface area contributed by atoms with Crippen LogP contribution in [0.2, 0.25) is 0 Å². The van der Waals surface area contributed by atoms with Crippen LogP contribution in [0.3, 0.4) is 0 Å². The number of rotatable bonds is 18. The summed E-state index contributed by atoms with van der Waals surface area (Å²) in [6.07, 6.45) is 27.2. The molecule has 0 aliphatic heterocycles. The Labute approximate surface area is 532 Å². The summed E-state index contributed by atoms with van der Waals surface area (Å²) in [6.45, 7) is 77.7. The van der Waals surface area contributed by atoms with Gasteiger partial charge in [0.05, 0.1) is 31.5 Å². The maximum Gasteiger partial charge on any atom is 0.330 e. The average Bonchev–Trinajstić information content (AvgIpc) is 3.89. The van der Waals surface area contributed by atoms with Gasteiger partial charge in [0, 0.05) is 67.4 Å². The number of aromatic nitrogens is 2. The summed E-state index contributed by atoms with van der Waals surface area (Å²) in [4.78, 5) is 68.8. The molecule has 0 saturated heterocycles. The molecule has 87 heavy (non-hydrogen) atoms. The summed E-state index contributed by atoms with van der Waals surface area (Å²) < 4.78 is 22.0. The molecule has 2 atom stereocenters. The van der Waals surface area contributed by atoms with E-state index in [4.69, 9.17) is 31.8 Å². The van der Waals surface area contributed by atoms with Gasteiger partial charge in [-0.25, -0.2) is 19.4 Å². The van der Waals surface area contributed by atoms with Gasteiger partial charge in [-0.1, -0.05) is 209 Å². The normalized spacial score (nSPS) is 11.8. The van der Waals surface area contributed by atoms with Gasteiger partial charge >= 0.3 is 17.9 Å². The Morgan fingerprint density at radius 3 is 1.40 bits per heavy atom. The first-order valence-electron chi connectivity index (χ1n) is 29.5. The monoisotopic (exact) mass is 1220 g/mol. The van der Waals surface area contributed by atoms with Gasteiger partial charge in [-0.15, -0.1) is 12.8 Å². The largest absolute Gasteiger partial charge is 0.463 e. The third-order valence-electron chi connectivity index (χ3n) is 9.35. The zero-order valence-electron chi connectivity index (χ0n) is 59.9. The maximum atomic E-state index is 11.2. The number of esters is 3. The lowest BCUT2D eigenvalue weighted by atomic mass is 9.87. The number of hydrogen-bond donors (Lipinski definition) is 1. The molecule has 1 aromatic heterocycles. The molecule has 0 amide bonds. The molecule has 13 heteroatoms. The minimum absolute atomic E-state index is 0.0312. The summed E-state index contributed by atoms with van der Waals surface area (Å²) in [7, 11) is 0. The molecule has 1 heterocycles. The molecule has 0 aromatic carbocycles. The van der Waals surface area contributed by atoms with Crippen molar-refractivity contribution in [3.05, 3.63) is 111 Å². The Balaban J connectivity index is -0.000000169. The number of ether oxygens (including phenoxy) is 4. The molecule has 0 spiro atoms. The van der Waals surface area contributed by atoms with E-state index in [-0.39, 0.29) is 73.5 Å². The van der Waals surface area contributed by atoms with Crippen molar-refractivity contribution in [3.8, 4) is 24.7 Å². The molecule has 0 bridgehead atoms. The van der Waals surface area contributed by atoms with E-state index in [1.807, 2.05) is 130 Å². The predicted molar refractivity (Wildman–Crippen MR) is 367 cm³/mol. The van der Waals surface area contributed by atoms with Gasteiger partial charge in [0.15, 0.2) is 11.6 Å². The average molecular weight is 1220 g/mol. The topological polar surface area (TPSA) is 177 Å². The minimum atomic E-state index is -0.556. The van der Waals surface area contributed by atoms with E-state index >= 15 is 0 Å². The fourth-order valence-electron chi connectivity index (χ4n) is 5.71. The smallest absolute Gasteiger partial charge is 0.330 e. The molecule has 13 nitrogen and oxygen atoms in total. The first-order valence-corrected chi connectivity index (χ1v) is 29.5. The Bertz CT molecular complexity index is 2370. The van der Waals surface area contributed by atoms with Gasteiger partial charge in [-0.05, 0) is 105 Å². The maximum absolute atomic E-state index is 11.2. The van der Waals surface area contributed by atoms with Gasteiger partial charge in [-0.3, -0.25) is 14.4 Å². The van der Waals surface area contributed by atoms with Crippen LogP contribution < -0.4 is 0 Å². The van der Waals surface area contributed by atoms with Crippen molar-refractivity contribution in [2.24, 2.45) is 37.9 Å². The SMILES string of the molecule is C#CC(=C)C(O)CC(C)(C)C.C#CC(=O)CC(C)(C)C.C=CC(=O)CC(C)(C)C.C=CC(=O)OC(C=C)C(C)(C)C.C=CC(=O)OCC(C)(C)C.C=Cc1nccn1CC(C)(C)C.CC(C)=CC(=O)CC(C)(C)C.CCOC(=O)/C=C/COC(C)(C)C. The van der Waals surface area contributed by atoms with Crippen molar-refractivity contribution in [1.29, 1.82) is 0 Å². The van der Waals surface area contributed by atoms with E-state index in [2.05, 4.69) is 123 Å². The molecule has 2 unspecified atom stereocenters. The number of aliphatic hydroxyl groups excluding tert-OH is 1. The van der Waals surface area contributed by atoms with Crippen molar-refractivity contribution in [3.63, 3.8) is 0 Å². The molecule has 1 aromatic rings. The molecule has 0 aliphatic rings. The van der Waals surface area contributed by atoms with Gasteiger partial charge in [0.1, 0.15) is 11.9 Å². The van der Waals surface area contributed by atoms with E-state index in [0.717, 1.165) is 24.0 Å². The minimum Gasteiger partial charge on any atom is -0.463 e. The summed E-state index contributed by atoms with van der Waals surface area (Å²) in [6, 6.07) is 0. The van der Waals surface area contributed by atoms with Gasteiger partial charge < -0.3 is 28.6 Å². The summed E-state index contributed by atoms with van der Waals surface area (Å²) in [5, 5.41) is 9.41. The quantitative estimate of drug-likeness (QED) is 0.0368. The lowest BCUT2D eigenvalue weighted by molar-refractivity contribution is -0.145. The van der Waals surface area contributed by atoms with Crippen LogP contribution in [-0.2, 0) is 54.3 Å². The molecular formula is C74H124N2O11. The number of ketones is 3. The molecule has 496 valence electrons. The molecule has 0 saturated carbocycles. The van der Waals surface area contributed by atoms with Gasteiger partial charge in [0.2, 0.25) is 5.78 Å². The molecule has 0 fully saturated rings. The van der Waals surface area contributed by atoms with Crippen LogP contribution in [0.25, 0.3) is 6.08 Å². The van der Waals surface area contributed by atoms with E-state index in [9.17, 15) is 33.9 Å². The van der Waals surface area contributed by atoms with Crippen molar-refractivity contribution in [1.82, 2.24) is 9.55 Å². The van der Waals surface area contributed by atoms with Crippen LogP contribution in [0.15, 0.2) is 106 Å². The van der Waals surface area contributed by atoms with Crippen molar-refractivity contribution in [2.75, 3.05) is 19.8 Å². The highest BCUT2D eigenvalue weighted by Crippen LogP contribution is 2.25. The van der Waals surface area contributed by atoms with Crippen LogP contribution in [0, 0.1) is 62.6 Å². The van der Waals surface area contributed by atoms with Gasteiger partial charge in [0.25, 0.3) is 0 Å². The van der Waals surface area contributed by atoms with Crippen molar-refractivity contribution < 1.29 is 52.8 Å². The van der Waals surface area contributed by atoms with Crippen molar-refractivity contribution in [2.45, 2.75) is 237 Å². The van der Waals surface area contributed by atoms with E-state index in [1.54, 1.807) is 31.2 Å². The van der Waals surface area contributed by atoms with Crippen LogP contribution in [-0.4, -0.2) is 87.5 Å². The zero-order valence-corrected chi connectivity index (χ0v) is 59.9. The highest BCUT2D eigenvalue weighted by Gasteiger charge is 2.25. The second-order valence-corrected chi connectivity index (χ2v) is 29.9. The van der Waals surface area contributed by atoms with Crippen LogP contribution >= 0.6 is 0 Å². The fraction of sp³-hybridized carbons (Fsp3) is 0.608. The second kappa shape index (κ2) is 46.7. The number of imidazole rings is 1. The van der Waals surface area contributed by atoms with Gasteiger partial charge in [-0.2, -0.15) is 0 Å². The Kier molecular flexibility index (Phi) is 50.6. The molecule has 1 N–H and O–H groups in total. The number of Topliss-reactive ketones (excluding diaryl/α,β-unsaturated/α-hetero) is 1. The molecule has 0 aliphatic carbocycles.